The van der Waals surface area contributed by atoms with E-state index in [0.717, 1.165) is 19.3 Å². The van der Waals surface area contributed by atoms with Crippen molar-refractivity contribution in [1.29, 1.82) is 0 Å². The Morgan fingerprint density at radius 1 is 1.00 bits per heavy atom. The Balaban J connectivity index is 3.47. The van der Waals surface area contributed by atoms with Crippen LogP contribution >= 0.6 is 0 Å². The van der Waals surface area contributed by atoms with E-state index >= 15 is 0 Å². The van der Waals surface area contributed by atoms with E-state index in [2.05, 4.69) is 31.8 Å². The summed E-state index contributed by atoms with van der Waals surface area (Å²) in [4.78, 5) is 0. The molecule has 0 aromatic rings. The smallest absolute Gasteiger partial charge is 0.115 e. The van der Waals surface area contributed by atoms with Gasteiger partial charge in [-0.3, -0.25) is 0 Å². The first kappa shape index (κ1) is 16.3. The number of rotatable bonds is 9. The molecule has 1 nitrogen and oxygen atoms in total. The van der Waals surface area contributed by atoms with Crippen molar-refractivity contribution in [3.63, 3.8) is 0 Å². The van der Waals surface area contributed by atoms with Gasteiger partial charge in [0.1, 0.15) is 6.10 Å². The van der Waals surface area contributed by atoms with Gasteiger partial charge in [-0.1, -0.05) is 63.9 Å². The topological polar surface area (TPSA) is 20.2 Å². The van der Waals surface area contributed by atoms with E-state index in [1.54, 1.807) is 0 Å². The van der Waals surface area contributed by atoms with Crippen molar-refractivity contribution in [3.05, 3.63) is 12.2 Å². The molecule has 0 saturated heterocycles. The molecular formula is C16H28O. The van der Waals surface area contributed by atoms with E-state index in [-0.39, 0.29) is 0 Å². The molecule has 0 saturated carbocycles. The highest BCUT2D eigenvalue weighted by Crippen LogP contribution is 2.03. The Hall–Kier alpha value is -0.740. The molecule has 0 fully saturated rings. The monoisotopic (exact) mass is 236 g/mol. The van der Waals surface area contributed by atoms with Crippen molar-refractivity contribution in [1.82, 2.24) is 0 Å². The SMILES string of the molecule is CCCCCC/C=C/C#CC(O)CCCCC. The molecule has 0 spiro atoms. The molecule has 0 heterocycles. The van der Waals surface area contributed by atoms with Gasteiger partial charge in [0, 0.05) is 0 Å². The normalized spacial score (nSPS) is 12.4. The summed E-state index contributed by atoms with van der Waals surface area (Å²) >= 11 is 0. The lowest BCUT2D eigenvalue weighted by molar-refractivity contribution is 0.217. The highest BCUT2D eigenvalue weighted by Gasteiger charge is 1.96. The van der Waals surface area contributed by atoms with Crippen molar-refractivity contribution < 1.29 is 5.11 Å². The third-order valence-corrected chi connectivity index (χ3v) is 2.76. The molecule has 0 aromatic carbocycles. The van der Waals surface area contributed by atoms with Gasteiger partial charge in [0.25, 0.3) is 0 Å². The van der Waals surface area contributed by atoms with E-state index in [4.69, 9.17) is 0 Å². The third kappa shape index (κ3) is 13.2. The molecule has 0 radical (unpaired) electrons. The summed E-state index contributed by atoms with van der Waals surface area (Å²) in [6, 6.07) is 0. The quantitative estimate of drug-likeness (QED) is 0.463. The molecule has 98 valence electrons. The largest absolute Gasteiger partial charge is 0.380 e. The van der Waals surface area contributed by atoms with Gasteiger partial charge in [0.15, 0.2) is 0 Å². The van der Waals surface area contributed by atoms with Crippen molar-refractivity contribution in [2.45, 2.75) is 77.7 Å². The van der Waals surface area contributed by atoms with E-state index < -0.39 is 6.10 Å². The summed E-state index contributed by atoms with van der Waals surface area (Å²) < 4.78 is 0. The molecule has 0 aliphatic heterocycles. The minimum Gasteiger partial charge on any atom is -0.380 e. The number of hydrogen-bond donors (Lipinski definition) is 1. The number of aliphatic hydroxyl groups is 1. The second-order valence-electron chi connectivity index (χ2n) is 4.55. The van der Waals surface area contributed by atoms with Gasteiger partial charge in [0.05, 0.1) is 0 Å². The van der Waals surface area contributed by atoms with Crippen LogP contribution in [-0.4, -0.2) is 11.2 Å². The van der Waals surface area contributed by atoms with Crippen LogP contribution in [0.2, 0.25) is 0 Å². The second-order valence-corrected chi connectivity index (χ2v) is 4.55. The number of aliphatic hydroxyl groups excluding tert-OH is 1. The fourth-order valence-corrected chi connectivity index (χ4v) is 1.64. The zero-order chi connectivity index (χ0) is 12.8. The zero-order valence-electron chi connectivity index (χ0n) is 11.5. The van der Waals surface area contributed by atoms with Crippen LogP contribution in [0.5, 0.6) is 0 Å². The van der Waals surface area contributed by atoms with Crippen LogP contribution in [0.3, 0.4) is 0 Å². The van der Waals surface area contributed by atoms with Crippen LogP contribution in [0, 0.1) is 11.8 Å². The highest BCUT2D eigenvalue weighted by molar-refractivity contribution is 5.17. The highest BCUT2D eigenvalue weighted by atomic mass is 16.3. The van der Waals surface area contributed by atoms with Crippen LogP contribution in [-0.2, 0) is 0 Å². The minimum absolute atomic E-state index is 0.439. The van der Waals surface area contributed by atoms with E-state index in [0.29, 0.717) is 0 Å². The van der Waals surface area contributed by atoms with Gasteiger partial charge in [0.2, 0.25) is 0 Å². The lowest BCUT2D eigenvalue weighted by atomic mass is 10.1. The Bertz CT molecular complexity index is 232. The Kier molecular flexibility index (Phi) is 12.7. The molecule has 1 N–H and O–H groups in total. The Labute approximate surface area is 107 Å². The summed E-state index contributed by atoms with van der Waals surface area (Å²) in [5, 5.41) is 9.54. The summed E-state index contributed by atoms with van der Waals surface area (Å²) in [7, 11) is 0. The Morgan fingerprint density at radius 3 is 2.41 bits per heavy atom. The van der Waals surface area contributed by atoms with Crippen molar-refractivity contribution in [3.8, 4) is 11.8 Å². The van der Waals surface area contributed by atoms with Gasteiger partial charge < -0.3 is 5.11 Å². The summed E-state index contributed by atoms with van der Waals surface area (Å²) in [5.41, 5.74) is 0. The van der Waals surface area contributed by atoms with E-state index in [1.807, 2.05) is 6.08 Å². The van der Waals surface area contributed by atoms with Crippen molar-refractivity contribution in [2.75, 3.05) is 0 Å². The lowest BCUT2D eigenvalue weighted by Gasteiger charge is -2.00. The standard InChI is InChI=1S/C16H28O/c1-3-5-7-8-9-10-11-13-15-16(17)14-12-6-4-2/h10-11,16-17H,3-9,12,14H2,1-2H3/b11-10+. The first-order chi connectivity index (χ1) is 8.31. The molecular weight excluding hydrogens is 208 g/mol. The van der Waals surface area contributed by atoms with Crippen LogP contribution in [0.15, 0.2) is 12.2 Å². The van der Waals surface area contributed by atoms with Gasteiger partial charge in [-0.15, -0.1) is 0 Å². The number of unbranched alkanes of at least 4 members (excludes halogenated alkanes) is 6. The fourth-order valence-electron chi connectivity index (χ4n) is 1.64. The summed E-state index contributed by atoms with van der Waals surface area (Å²) in [5.74, 6) is 5.78. The summed E-state index contributed by atoms with van der Waals surface area (Å²) in [6.07, 6.45) is 14.1. The second kappa shape index (κ2) is 13.3. The molecule has 0 bridgehead atoms. The lowest BCUT2D eigenvalue weighted by Crippen LogP contribution is -2.01. The minimum atomic E-state index is -0.439. The maximum atomic E-state index is 9.54. The zero-order valence-corrected chi connectivity index (χ0v) is 11.5. The molecule has 17 heavy (non-hydrogen) atoms. The van der Waals surface area contributed by atoms with Crippen LogP contribution in [0.4, 0.5) is 0 Å². The van der Waals surface area contributed by atoms with Gasteiger partial charge >= 0.3 is 0 Å². The molecule has 0 rings (SSSR count). The first-order valence-corrected chi connectivity index (χ1v) is 7.15. The molecule has 1 atom stereocenters. The fraction of sp³-hybridized carbons (Fsp3) is 0.750. The Morgan fingerprint density at radius 2 is 1.71 bits per heavy atom. The third-order valence-electron chi connectivity index (χ3n) is 2.76. The van der Waals surface area contributed by atoms with Gasteiger partial charge in [-0.2, -0.15) is 0 Å². The van der Waals surface area contributed by atoms with E-state index in [9.17, 15) is 5.11 Å². The molecule has 0 aliphatic rings. The van der Waals surface area contributed by atoms with Crippen LogP contribution in [0.1, 0.15) is 71.6 Å². The molecule has 0 aromatic heterocycles. The van der Waals surface area contributed by atoms with Gasteiger partial charge in [-0.25, -0.2) is 0 Å². The van der Waals surface area contributed by atoms with Crippen LogP contribution in [0.25, 0.3) is 0 Å². The van der Waals surface area contributed by atoms with Gasteiger partial charge in [-0.05, 0) is 31.8 Å². The van der Waals surface area contributed by atoms with Crippen LogP contribution < -0.4 is 0 Å². The first-order valence-electron chi connectivity index (χ1n) is 7.15. The maximum Gasteiger partial charge on any atom is 0.115 e. The molecule has 0 aliphatic carbocycles. The maximum absolute atomic E-state index is 9.54. The van der Waals surface area contributed by atoms with Crippen molar-refractivity contribution >= 4 is 0 Å². The van der Waals surface area contributed by atoms with Crippen molar-refractivity contribution in [2.24, 2.45) is 0 Å². The summed E-state index contributed by atoms with van der Waals surface area (Å²) in [6.45, 7) is 4.39. The average molecular weight is 236 g/mol. The molecule has 0 amide bonds. The number of allylic oxidation sites excluding steroid dienone is 2. The number of hydrogen-bond acceptors (Lipinski definition) is 1. The molecule has 1 unspecified atom stereocenters. The molecule has 1 heteroatoms. The van der Waals surface area contributed by atoms with E-state index in [1.165, 1.54) is 38.5 Å². The predicted molar refractivity (Wildman–Crippen MR) is 75.8 cm³/mol. The predicted octanol–water partition coefficient (Wildman–Crippen LogP) is 4.46. The average Bonchev–Trinajstić information content (AvgIpc) is 2.33.